The Labute approximate surface area is 90.6 Å². The van der Waals surface area contributed by atoms with Crippen LogP contribution in [0, 0.1) is 0 Å². The zero-order valence-corrected chi connectivity index (χ0v) is 8.81. The van der Waals surface area contributed by atoms with E-state index in [9.17, 15) is 0 Å². The monoisotopic (exact) mass is 221 g/mol. The molecule has 0 aliphatic rings. The van der Waals surface area contributed by atoms with Gasteiger partial charge in [0.25, 0.3) is 0 Å². The average Bonchev–Trinajstić information content (AvgIpc) is 2.68. The van der Waals surface area contributed by atoms with Crippen LogP contribution >= 0.6 is 23.6 Å². The van der Waals surface area contributed by atoms with E-state index in [-0.39, 0.29) is 0 Å². The number of thiazole rings is 1. The van der Waals surface area contributed by atoms with Crippen molar-refractivity contribution in [3.63, 3.8) is 0 Å². The molecular weight excluding hydrogens is 214 g/mol. The van der Waals surface area contributed by atoms with Crippen LogP contribution in [0.3, 0.4) is 0 Å². The molecule has 2 rings (SSSR count). The Bertz CT molecular complexity index is 450. The molecule has 0 spiro atoms. The standard InChI is InChI=1S/C9H7N3S2/c10-8(13)7-5-14-9(12-7)6-2-1-3-11-4-6/h1-5H,(H2,10,13). The lowest BCUT2D eigenvalue weighted by Gasteiger charge is -1.92. The van der Waals surface area contributed by atoms with Crippen molar-refractivity contribution in [3.05, 3.63) is 35.6 Å². The second-order valence-corrected chi connectivity index (χ2v) is 3.94. The van der Waals surface area contributed by atoms with Gasteiger partial charge in [-0.25, -0.2) is 4.98 Å². The van der Waals surface area contributed by atoms with Gasteiger partial charge < -0.3 is 5.73 Å². The minimum absolute atomic E-state index is 0.330. The van der Waals surface area contributed by atoms with Crippen LogP contribution in [0.5, 0.6) is 0 Å². The molecule has 5 heteroatoms. The third-order valence-corrected chi connectivity index (χ3v) is 2.77. The van der Waals surface area contributed by atoms with Gasteiger partial charge in [0.1, 0.15) is 15.7 Å². The largest absolute Gasteiger partial charge is 0.388 e. The highest BCUT2D eigenvalue weighted by molar-refractivity contribution is 7.80. The van der Waals surface area contributed by atoms with Crippen LogP contribution in [0.2, 0.25) is 0 Å². The SMILES string of the molecule is NC(=S)c1csc(-c2cccnc2)n1. The van der Waals surface area contributed by atoms with Crippen molar-refractivity contribution in [2.75, 3.05) is 0 Å². The number of nitrogens with zero attached hydrogens (tertiary/aromatic N) is 2. The maximum absolute atomic E-state index is 5.47. The number of thiocarbonyl (C=S) groups is 1. The first-order valence-corrected chi connectivity index (χ1v) is 5.22. The van der Waals surface area contributed by atoms with Crippen molar-refractivity contribution in [2.45, 2.75) is 0 Å². The van der Waals surface area contributed by atoms with E-state index >= 15 is 0 Å². The predicted molar refractivity (Wildman–Crippen MR) is 61.2 cm³/mol. The molecule has 0 atom stereocenters. The maximum atomic E-state index is 5.47. The summed E-state index contributed by atoms with van der Waals surface area (Å²) in [6, 6.07) is 3.83. The highest BCUT2D eigenvalue weighted by atomic mass is 32.1. The molecule has 0 amide bonds. The lowest BCUT2D eigenvalue weighted by Crippen LogP contribution is -2.09. The number of nitrogens with two attached hydrogens (primary N) is 1. The van der Waals surface area contributed by atoms with Crippen LogP contribution in [0.4, 0.5) is 0 Å². The molecule has 0 fully saturated rings. The minimum Gasteiger partial charge on any atom is -0.388 e. The highest BCUT2D eigenvalue weighted by Gasteiger charge is 2.05. The van der Waals surface area contributed by atoms with Crippen LogP contribution < -0.4 is 5.73 Å². The van der Waals surface area contributed by atoms with E-state index in [1.54, 1.807) is 12.4 Å². The Morgan fingerprint density at radius 3 is 2.93 bits per heavy atom. The van der Waals surface area contributed by atoms with Gasteiger partial charge in [0, 0.05) is 23.3 Å². The minimum atomic E-state index is 0.330. The van der Waals surface area contributed by atoms with Crippen LogP contribution in [0.1, 0.15) is 5.69 Å². The number of hydrogen-bond donors (Lipinski definition) is 1. The third kappa shape index (κ3) is 1.78. The molecule has 0 radical (unpaired) electrons. The summed E-state index contributed by atoms with van der Waals surface area (Å²) >= 11 is 6.34. The molecule has 70 valence electrons. The highest BCUT2D eigenvalue weighted by Crippen LogP contribution is 2.22. The Morgan fingerprint density at radius 1 is 1.50 bits per heavy atom. The van der Waals surface area contributed by atoms with E-state index in [2.05, 4.69) is 9.97 Å². The fraction of sp³-hybridized carbons (Fsp3) is 0. The van der Waals surface area contributed by atoms with E-state index in [0.29, 0.717) is 10.7 Å². The molecule has 0 saturated heterocycles. The van der Waals surface area contributed by atoms with Crippen molar-refractivity contribution in [1.29, 1.82) is 0 Å². The van der Waals surface area contributed by atoms with Gasteiger partial charge in [-0.3, -0.25) is 4.98 Å². The molecule has 0 aromatic carbocycles. The normalized spacial score (nSPS) is 10.0. The zero-order valence-electron chi connectivity index (χ0n) is 7.18. The number of aromatic nitrogens is 2. The molecule has 14 heavy (non-hydrogen) atoms. The number of rotatable bonds is 2. The first-order valence-electron chi connectivity index (χ1n) is 3.93. The topological polar surface area (TPSA) is 51.8 Å². The summed E-state index contributed by atoms with van der Waals surface area (Å²) in [4.78, 5) is 8.64. The Morgan fingerprint density at radius 2 is 2.36 bits per heavy atom. The van der Waals surface area contributed by atoms with Crippen LogP contribution in [0.15, 0.2) is 29.9 Å². The van der Waals surface area contributed by atoms with E-state index < -0.39 is 0 Å². The first kappa shape index (κ1) is 9.23. The third-order valence-electron chi connectivity index (χ3n) is 1.67. The Hall–Kier alpha value is -1.33. The Kier molecular flexibility index (Phi) is 2.51. The predicted octanol–water partition coefficient (Wildman–Crippen LogP) is 1.84. The molecule has 0 saturated carbocycles. The van der Waals surface area contributed by atoms with E-state index in [4.69, 9.17) is 18.0 Å². The Balaban J connectivity index is 2.39. The van der Waals surface area contributed by atoms with Gasteiger partial charge in [-0.2, -0.15) is 0 Å². The second-order valence-electron chi connectivity index (χ2n) is 2.64. The lowest BCUT2D eigenvalue weighted by molar-refractivity contribution is 1.30. The van der Waals surface area contributed by atoms with Crippen molar-refractivity contribution in [3.8, 4) is 10.6 Å². The molecule has 0 bridgehead atoms. The molecule has 2 N–H and O–H groups in total. The van der Waals surface area contributed by atoms with Crippen molar-refractivity contribution >= 4 is 28.5 Å². The fourth-order valence-corrected chi connectivity index (χ4v) is 2.00. The lowest BCUT2D eigenvalue weighted by atomic mass is 10.3. The van der Waals surface area contributed by atoms with Crippen molar-refractivity contribution in [1.82, 2.24) is 9.97 Å². The molecule has 2 aromatic rings. The van der Waals surface area contributed by atoms with Gasteiger partial charge in [0.15, 0.2) is 0 Å². The summed E-state index contributed by atoms with van der Waals surface area (Å²) < 4.78 is 0. The molecule has 2 aromatic heterocycles. The molecule has 3 nitrogen and oxygen atoms in total. The van der Waals surface area contributed by atoms with Gasteiger partial charge in [-0.1, -0.05) is 12.2 Å². The fourth-order valence-electron chi connectivity index (χ4n) is 1.01. The number of hydrogen-bond acceptors (Lipinski definition) is 4. The quantitative estimate of drug-likeness (QED) is 0.786. The summed E-state index contributed by atoms with van der Waals surface area (Å²) in [5.74, 6) is 0. The molecule has 0 unspecified atom stereocenters. The molecule has 0 aliphatic carbocycles. The summed E-state index contributed by atoms with van der Waals surface area (Å²) in [5, 5.41) is 2.74. The summed E-state index contributed by atoms with van der Waals surface area (Å²) in [7, 11) is 0. The molecule has 2 heterocycles. The summed E-state index contributed by atoms with van der Waals surface area (Å²) in [5.41, 5.74) is 7.12. The first-order chi connectivity index (χ1) is 6.77. The average molecular weight is 221 g/mol. The van der Waals surface area contributed by atoms with E-state index in [0.717, 1.165) is 10.6 Å². The van der Waals surface area contributed by atoms with Gasteiger partial charge >= 0.3 is 0 Å². The summed E-state index contributed by atoms with van der Waals surface area (Å²) in [6.07, 6.45) is 3.49. The van der Waals surface area contributed by atoms with Crippen molar-refractivity contribution < 1.29 is 0 Å². The van der Waals surface area contributed by atoms with Gasteiger partial charge in [-0.05, 0) is 12.1 Å². The zero-order chi connectivity index (χ0) is 9.97. The molecular formula is C9H7N3S2. The van der Waals surface area contributed by atoms with Crippen LogP contribution in [-0.2, 0) is 0 Å². The van der Waals surface area contributed by atoms with E-state index in [1.165, 1.54) is 11.3 Å². The van der Waals surface area contributed by atoms with Crippen molar-refractivity contribution in [2.24, 2.45) is 5.73 Å². The second kappa shape index (κ2) is 3.81. The smallest absolute Gasteiger partial charge is 0.125 e. The van der Waals surface area contributed by atoms with Crippen LogP contribution in [0.25, 0.3) is 10.6 Å². The molecule has 0 aliphatic heterocycles. The van der Waals surface area contributed by atoms with Gasteiger partial charge in [-0.15, -0.1) is 11.3 Å². The van der Waals surface area contributed by atoms with Gasteiger partial charge in [0.2, 0.25) is 0 Å². The number of pyridine rings is 1. The maximum Gasteiger partial charge on any atom is 0.125 e. The summed E-state index contributed by atoms with van der Waals surface area (Å²) in [6.45, 7) is 0. The van der Waals surface area contributed by atoms with E-state index in [1.807, 2.05) is 17.5 Å². The van der Waals surface area contributed by atoms with Crippen LogP contribution in [-0.4, -0.2) is 15.0 Å². The van der Waals surface area contributed by atoms with Gasteiger partial charge in [0.05, 0.1) is 0 Å².